The molecule has 0 bridgehead atoms. The van der Waals surface area contributed by atoms with Gasteiger partial charge in [-0.1, -0.05) is 12.1 Å². The van der Waals surface area contributed by atoms with Gasteiger partial charge in [0.15, 0.2) is 11.5 Å². The minimum Gasteiger partial charge on any atom is -0.485 e. The Morgan fingerprint density at radius 3 is 2.90 bits per heavy atom. The molecule has 0 fully saturated rings. The molecule has 2 rings (SSSR count). The summed E-state index contributed by atoms with van der Waals surface area (Å²) in [5.74, 6) is 0.969. The SMILES string of the molecule is COCC(O)CN(C)C(=O)C1COc2ccccc2O1. The number of aliphatic hydroxyl groups excluding tert-OH is 1. The van der Waals surface area contributed by atoms with E-state index in [1.807, 2.05) is 12.1 Å². The molecule has 2 atom stereocenters. The van der Waals surface area contributed by atoms with Crippen molar-refractivity contribution in [3.8, 4) is 11.5 Å². The minimum absolute atomic E-state index is 0.167. The number of carbonyl (C=O) groups excluding carboxylic acids is 1. The highest BCUT2D eigenvalue weighted by molar-refractivity contribution is 5.81. The topological polar surface area (TPSA) is 68.2 Å². The third kappa shape index (κ3) is 3.40. The molecule has 1 aliphatic rings. The Morgan fingerprint density at radius 2 is 2.20 bits per heavy atom. The number of para-hydroxylation sites is 2. The van der Waals surface area contributed by atoms with Gasteiger partial charge in [-0.05, 0) is 12.1 Å². The van der Waals surface area contributed by atoms with Crippen molar-refractivity contribution in [3.05, 3.63) is 24.3 Å². The number of nitrogens with zero attached hydrogens (tertiary/aromatic N) is 1. The van der Waals surface area contributed by atoms with Crippen LogP contribution in [-0.2, 0) is 9.53 Å². The van der Waals surface area contributed by atoms with Crippen molar-refractivity contribution in [2.24, 2.45) is 0 Å². The van der Waals surface area contributed by atoms with Crippen LogP contribution in [0.5, 0.6) is 11.5 Å². The van der Waals surface area contributed by atoms with Crippen LogP contribution in [0.3, 0.4) is 0 Å². The van der Waals surface area contributed by atoms with E-state index >= 15 is 0 Å². The number of amides is 1. The van der Waals surface area contributed by atoms with Crippen molar-refractivity contribution in [2.45, 2.75) is 12.2 Å². The van der Waals surface area contributed by atoms with Crippen molar-refractivity contribution in [2.75, 3.05) is 33.9 Å². The van der Waals surface area contributed by atoms with E-state index in [0.717, 1.165) is 0 Å². The molecule has 20 heavy (non-hydrogen) atoms. The van der Waals surface area contributed by atoms with Crippen molar-refractivity contribution >= 4 is 5.91 Å². The Kier molecular flexibility index (Phi) is 4.81. The fraction of sp³-hybridized carbons (Fsp3) is 0.500. The molecule has 2 unspecified atom stereocenters. The second-order valence-electron chi connectivity index (χ2n) is 4.69. The molecule has 6 heteroatoms. The predicted octanol–water partition coefficient (Wildman–Crippen LogP) is 0.292. The number of carbonyl (C=O) groups is 1. The number of benzene rings is 1. The summed E-state index contributed by atoms with van der Waals surface area (Å²) in [6, 6.07) is 7.22. The number of rotatable bonds is 5. The van der Waals surface area contributed by atoms with E-state index in [2.05, 4.69) is 0 Å². The normalized spacial score (nSPS) is 18.4. The van der Waals surface area contributed by atoms with Crippen molar-refractivity contribution < 1.29 is 24.1 Å². The first-order valence-corrected chi connectivity index (χ1v) is 6.42. The van der Waals surface area contributed by atoms with Gasteiger partial charge in [0.05, 0.1) is 12.7 Å². The van der Waals surface area contributed by atoms with Crippen molar-refractivity contribution in [1.29, 1.82) is 0 Å². The van der Waals surface area contributed by atoms with E-state index in [9.17, 15) is 9.90 Å². The lowest BCUT2D eigenvalue weighted by atomic mass is 10.2. The van der Waals surface area contributed by atoms with E-state index in [1.165, 1.54) is 12.0 Å². The Hall–Kier alpha value is -1.79. The molecule has 1 aromatic rings. The number of fused-ring (bicyclic) bond motifs is 1. The van der Waals surface area contributed by atoms with Gasteiger partial charge in [-0.2, -0.15) is 0 Å². The Labute approximate surface area is 117 Å². The molecule has 1 N–H and O–H groups in total. The zero-order valence-corrected chi connectivity index (χ0v) is 11.6. The Bertz CT molecular complexity index is 465. The first-order chi connectivity index (χ1) is 9.61. The Balaban J connectivity index is 1.94. The highest BCUT2D eigenvalue weighted by atomic mass is 16.6. The van der Waals surface area contributed by atoms with Gasteiger partial charge in [-0.25, -0.2) is 0 Å². The molecule has 1 heterocycles. The number of likely N-dealkylation sites (N-methyl/N-ethyl adjacent to an activating group) is 1. The highest BCUT2D eigenvalue weighted by Crippen LogP contribution is 2.31. The molecular formula is C14H19NO5. The molecule has 6 nitrogen and oxygen atoms in total. The van der Waals surface area contributed by atoms with Crippen LogP contribution >= 0.6 is 0 Å². The third-order valence-electron chi connectivity index (χ3n) is 3.00. The van der Waals surface area contributed by atoms with Gasteiger partial charge >= 0.3 is 0 Å². The molecule has 1 amide bonds. The number of ether oxygens (including phenoxy) is 3. The van der Waals surface area contributed by atoms with Crippen LogP contribution in [0.1, 0.15) is 0 Å². The third-order valence-corrected chi connectivity index (χ3v) is 3.00. The molecule has 0 saturated carbocycles. The predicted molar refractivity (Wildman–Crippen MR) is 71.9 cm³/mol. The molecular weight excluding hydrogens is 262 g/mol. The first kappa shape index (κ1) is 14.6. The number of hydrogen-bond acceptors (Lipinski definition) is 5. The zero-order chi connectivity index (χ0) is 14.5. The summed E-state index contributed by atoms with van der Waals surface area (Å²) >= 11 is 0. The van der Waals surface area contributed by atoms with E-state index < -0.39 is 12.2 Å². The summed E-state index contributed by atoms with van der Waals surface area (Å²) < 4.78 is 16.0. The van der Waals surface area contributed by atoms with Crippen LogP contribution in [0.25, 0.3) is 0 Å². The van der Waals surface area contributed by atoms with Gasteiger partial charge in [0.1, 0.15) is 6.61 Å². The average Bonchev–Trinajstić information content (AvgIpc) is 2.46. The van der Waals surface area contributed by atoms with Gasteiger partial charge in [0.2, 0.25) is 6.10 Å². The van der Waals surface area contributed by atoms with Gasteiger partial charge < -0.3 is 24.2 Å². The summed E-state index contributed by atoms with van der Waals surface area (Å²) in [5.41, 5.74) is 0. The van der Waals surface area contributed by atoms with E-state index in [-0.39, 0.29) is 25.7 Å². The molecule has 0 spiro atoms. The van der Waals surface area contributed by atoms with E-state index in [1.54, 1.807) is 19.2 Å². The maximum Gasteiger partial charge on any atom is 0.267 e. The Morgan fingerprint density at radius 1 is 1.50 bits per heavy atom. The second-order valence-corrected chi connectivity index (χ2v) is 4.69. The molecule has 0 radical (unpaired) electrons. The van der Waals surface area contributed by atoms with Crippen LogP contribution < -0.4 is 9.47 Å². The van der Waals surface area contributed by atoms with Crippen LogP contribution in [0.4, 0.5) is 0 Å². The van der Waals surface area contributed by atoms with Crippen LogP contribution in [0.15, 0.2) is 24.3 Å². The lowest BCUT2D eigenvalue weighted by molar-refractivity contribution is -0.141. The fourth-order valence-corrected chi connectivity index (χ4v) is 2.04. The van der Waals surface area contributed by atoms with Crippen molar-refractivity contribution in [1.82, 2.24) is 4.90 Å². The molecule has 0 saturated heterocycles. The standard InChI is InChI=1S/C14H19NO5/c1-15(7-10(16)8-18-2)14(17)13-9-19-11-5-3-4-6-12(11)20-13/h3-6,10,13,16H,7-9H2,1-2H3. The first-order valence-electron chi connectivity index (χ1n) is 6.42. The summed E-state index contributed by atoms with van der Waals surface area (Å²) in [7, 11) is 3.12. The van der Waals surface area contributed by atoms with E-state index in [0.29, 0.717) is 11.5 Å². The number of methoxy groups -OCH3 is 1. The lowest BCUT2D eigenvalue weighted by Gasteiger charge is -2.29. The largest absolute Gasteiger partial charge is 0.485 e. The molecule has 1 aromatic carbocycles. The van der Waals surface area contributed by atoms with Gasteiger partial charge in [-0.15, -0.1) is 0 Å². The van der Waals surface area contributed by atoms with Crippen LogP contribution in [0, 0.1) is 0 Å². The van der Waals surface area contributed by atoms with Gasteiger partial charge in [-0.3, -0.25) is 4.79 Å². The monoisotopic (exact) mass is 281 g/mol. The maximum atomic E-state index is 12.2. The van der Waals surface area contributed by atoms with Crippen molar-refractivity contribution in [3.63, 3.8) is 0 Å². The minimum atomic E-state index is -0.717. The fourth-order valence-electron chi connectivity index (χ4n) is 2.04. The maximum absolute atomic E-state index is 12.2. The van der Waals surface area contributed by atoms with Crippen LogP contribution in [0.2, 0.25) is 0 Å². The lowest BCUT2D eigenvalue weighted by Crippen LogP contribution is -2.47. The average molecular weight is 281 g/mol. The van der Waals surface area contributed by atoms with Gasteiger partial charge in [0.25, 0.3) is 5.91 Å². The molecule has 1 aliphatic heterocycles. The quantitative estimate of drug-likeness (QED) is 0.840. The molecule has 110 valence electrons. The molecule has 0 aromatic heterocycles. The summed E-state index contributed by atoms with van der Waals surface area (Å²) in [6.45, 7) is 0.539. The van der Waals surface area contributed by atoms with E-state index in [4.69, 9.17) is 14.2 Å². The number of hydrogen-bond donors (Lipinski definition) is 1. The summed E-state index contributed by atoms with van der Waals surface area (Å²) in [5, 5.41) is 9.63. The summed E-state index contributed by atoms with van der Waals surface area (Å²) in [6.07, 6.45) is -1.41. The summed E-state index contributed by atoms with van der Waals surface area (Å²) in [4.78, 5) is 13.6. The zero-order valence-electron chi connectivity index (χ0n) is 11.6. The molecule has 0 aliphatic carbocycles. The van der Waals surface area contributed by atoms with Crippen LogP contribution in [-0.4, -0.2) is 62.0 Å². The second kappa shape index (κ2) is 6.58. The highest BCUT2D eigenvalue weighted by Gasteiger charge is 2.30. The smallest absolute Gasteiger partial charge is 0.267 e. The van der Waals surface area contributed by atoms with Gasteiger partial charge in [0, 0.05) is 20.7 Å². The number of aliphatic hydroxyl groups is 1.